The van der Waals surface area contributed by atoms with Crippen LogP contribution in [0.1, 0.15) is 18.9 Å². The first-order chi connectivity index (χ1) is 9.70. The van der Waals surface area contributed by atoms with Crippen LogP contribution in [0.2, 0.25) is 0 Å². The number of carbonyl (C=O) groups excluding carboxylic acids is 1. The smallest absolute Gasteiger partial charge is 0.321 e. The predicted octanol–water partition coefficient (Wildman–Crippen LogP) is 1.09. The van der Waals surface area contributed by atoms with Crippen LogP contribution >= 0.6 is 15.9 Å². The lowest BCUT2D eigenvalue weighted by Gasteiger charge is -2.19. The zero-order valence-corrected chi connectivity index (χ0v) is 13.4. The maximum Gasteiger partial charge on any atom is 0.321 e. The molecule has 0 spiro atoms. The van der Waals surface area contributed by atoms with E-state index in [4.69, 9.17) is 5.11 Å². The monoisotopic (exact) mass is 376 g/mol. The van der Waals surface area contributed by atoms with Crippen molar-refractivity contribution in [1.29, 1.82) is 0 Å². The minimum Gasteiger partial charge on any atom is -0.480 e. The van der Waals surface area contributed by atoms with Gasteiger partial charge in [0.2, 0.25) is 15.9 Å². The van der Waals surface area contributed by atoms with Crippen molar-refractivity contribution in [1.82, 2.24) is 4.72 Å². The molecule has 1 amide bonds. The molecule has 0 aromatic heterocycles. The average molecular weight is 377 g/mol. The molecule has 1 aliphatic heterocycles. The summed E-state index contributed by atoms with van der Waals surface area (Å²) in [5.74, 6) is -1.46. The minimum atomic E-state index is -4.02. The fraction of sp³-hybridized carbons (Fsp3) is 0.333. The fourth-order valence-corrected chi connectivity index (χ4v) is 4.24. The highest BCUT2D eigenvalue weighted by molar-refractivity contribution is 9.10. The zero-order chi connectivity index (χ0) is 15.8. The second-order valence-electron chi connectivity index (χ2n) is 4.67. The summed E-state index contributed by atoms with van der Waals surface area (Å²) >= 11 is 3.17. The number of aryl methyl sites for hydroxylation is 1. The topological polar surface area (TPSA) is 113 Å². The van der Waals surface area contributed by atoms with Crippen molar-refractivity contribution < 1.29 is 23.1 Å². The number of benzene rings is 1. The summed E-state index contributed by atoms with van der Waals surface area (Å²) in [5.41, 5.74) is 1.25. The van der Waals surface area contributed by atoms with E-state index in [0.29, 0.717) is 23.0 Å². The van der Waals surface area contributed by atoms with Gasteiger partial charge in [-0.3, -0.25) is 9.59 Å². The van der Waals surface area contributed by atoms with Crippen LogP contribution < -0.4 is 10.0 Å². The van der Waals surface area contributed by atoms with Crippen LogP contribution in [0.25, 0.3) is 0 Å². The van der Waals surface area contributed by atoms with Crippen LogP contribution in [0.15, 0.2) is 21.5 Å². The number of sulfonamides is 1. The number of carboxylic acids is 1. The molecular formula is C12H13BrN2O5S. The van der Waals surface area contributed by atoms with Gasteiger partial charge >= 0.3 is 5.97 Å². The van der Waals surface area contributed by atoms with Gasteiger partial charge in [-0.15, -0.1) is 0 Å². The lowest BCUT2D eigenvalue weighted by Crippen LogP contribution is -2.38. The van der Waals surface area contributed by atoms with E-state index < -0.39 is 22.0 Å². The van der Waals surface area contributed by atoms with Gasteiger partial charge in [0.1, 0.15) is 6.04 Å². The predicted molar refractivity (Wildman–Crippen MR) is 78.5 cm³/mol. The molecule has 114 valence electrons. The van der Waals surface area contributed by atoms with Gasteiger partial charge in [-0.05, 0) is 47.0 Å². The fourth-order valence-electron chi connectivity index (χ4n) is 1.93. The van der Waals surface area contributed by atoms with Crippen LogP contribution in [-0.2, 0) is 26.0 Å². The van der Waals surface area contributed by atoms with Crippen LogP contribution in [0.5, 0.6) is 0 Å². The SMILES string of the molecule is C[C@@H](NS(=O)(=O)c1cc2c(cc1Br)CCC(=O)N2)C(=O)O. The van der Waals surface area contributed by atoms with E-state index in [9.17, 15) is 18.0 Å². The first-order valence-electron chi connectivity index (χ1n) is 6.08. The number of carbonyl (C=O) groups is 2. The Balaban J connectivity index is 2.42. The molecule has 1 aromatic carbocycles. The summed E-state index contributed by atoms with van der Waals surface area (Å²) in [6, 6.07) is 1.69. The number of nitrogens with one attached hydrogen (secondary N) is 2. The highest BCUT2D eigenvalue weighted by Gasteiger charge is 2.26. The molecule has 1 aliphatic rings. The number of halogens is 1. The van der Waals surface area contributed by atoms with Gasteiger partial charge < -0.3 is 10.4 Å². The first-order valence-corrected chi connectivity index (χ1v) is 8.36. The summed E-state index contributed by atoms with van der Waals surface area (Å²) < 4.78 is 26.8. The van der Waals surface area contributed by atoms with Crippen LogP contribution in [0.4, 0.5) is 5.69 Å². The van der Waals surface area contributed by atoms with Crippen LogP contribution in [0, 0.1) is 0 Å². The Kier molecular flexibility index (Phi) is 4.35. The standard InChI is InChI=1S/C12H13BrN2O5S/c1-6(12(17)18)15-21(19,20)10-5-9-7(4-8(10)13)2-3-11(16)14-9/h4-6,15H,2-3H2,1H3,(H,14,16)(H,17,18)/t6-/m1/s1. The Morgan fingerprint density at radius 1 is 1.43 bits per heavy atom. The molecule has 0 fully saturated rings. The molecular weight excluding hydrogens is 364 g/mol. The molecule has 3 N–H and O–H groups in total. The largest absolute Gasteiger partial charge is 0.480 e. The number of anilines is 1. The third-order valence-electron chi connectivity index (χ3n) is 3.05. The van der Waals surface area contributed by atoms with Crippen molar-refractivity contribution in [2.45, 2.75) is 30.7 Å². The van der Waals surface area contributed by atoms with E-state index in [-0.39, 0.29) is 10.8 Å². The van der Waals surface area contributed by atoms with Crippen molar-refractivity contribution >= 4 is 43.5 Å². The van der Waals surface area contributed by atoms with E-state index in [1.807, 2.05) is 0 Å². The highest BCUT2D eigenvalue weighted by atomic mass is 79.9. The molecule has 0 radical (unpaired) electrons. The molecule has 1 aromatic rings. The van der Waals surface area contributed by atoms with Crippen LogP contribution in [-0.4, -0.2) is 31.4 Å². The lowest BCUT2D eigenvalue weighted by atomic mass is 10.0. The lowest BCUT2D eigenvalue weighted by molar-refractivity contribution is -0.138. The maximum absolute atomic E-state index is 12.2. The van der Waals surface area contributed by atoms with Crippen molar-refractivity contribution in [2.75, 3.05) is 5.32 Å². The van der Waals surface area contributed by atoms with Gasteiger partial charge in [-0.2, -0.15) is 4.72 Å². The number of fused-ring (bicyclic) bond motifs is 1. The van der Waals surface area contributed by atoms with E-state index in [1.54, 1.807) is 6.07 Å². The summed E-state index contributed by atoms with van der Waals surface area (Å²) in [4.78, 5) is 22.0. The minimum absolute atomic E-state index is 0.114. The number of aliphatic carboxylic acids is 1. The summed E-state index contributed by atoms with van der Waals surface area (Å²) in [5, 5.41) is 11.4. The molecule has 0 unspecified atom stereocenters. The molecule has 0 saturated heterocycles. The molecule has 0 saturated carbocycles. The Bertz CT molecular complexity index is 717. The Morgan fingerprint density at radius 3 is 2.71 bits per heavy atom. The van der Waals surface area contributed by atoms with E-state index in [1.165, 1.54) is 13.0 Å². The molecule has 7 nitrogen and oxygen atoms in total. The van der Waals surface area contributed by atoms with E-state index in [2.05, 4.69) is 26.0 Å². The Morgan fingerprint density at radius 2 is 2.10 bits per heavy atom. The quantitative estimate of drug-likeness (QED) is 0.727. The van der Waals surface area contributed by atoms with E-state index >= 15 is 0 Å². The normalized spacial score (nSPS) is 16.0. The molecule has 0 bridgehead atoms. The van der Waals surface area contributed by atoms with Gasteiger partial charge in [-0.25, -0.2) is 8.42 Å². The average Bonchev–Trinajstić information content (AvgIpc) is 2.37. The van der Waals surface area contributed by atoms with Crippen molar-refractivity contribution in [3.63, 3.8) is 0 Å². The molecule has 2 rings (SSSR count). The summed E-state index contributed by atoms with van der Waals surface area (Å²) in [7, 11) is -4.02. The third-order valence-corrected chi connectivity index (χ3v) is 5.54. The Hall–Kier alpha value is -1.45. The van der Waals surface area contributed by atoms with Crippen molar-refractivity contribution in [3.8, 4) is 0 Å². The zero-order valence-electron chi connectivity index (χ0n) is 11.0. The Labute approximate surface area is 129 Å². The number of rotatable bonds is 4. The maximum atomic E-state index is 12.2. The molecule has 1 atom stereocenters. The van der Waals surface area contributed by atoms with Gasteiger partial charge in [0, 0.05) is 16.6 Å². The van der Waals surface area contributed by atoms with Gasteiger partial charge in [0.15, 0.2) is 0 Å². The third kappa shape index (κ3) is 3.42. The summed E-state index contributed by atoms with van der Waals surface area (Å²) in [6.07, 6.45) is 0.874. The number of carboxylic acid groups (broad SMARTS) is 1. The molecule has 1 heterocycles. The van der Waals surface area contributed by atoms with Gasteiger partial charge in [0.25, 0.3) is 0 Å². The van der Waals surface area contributed by atoms with Crippen molar-refractivity contribution in [3.05, 3.63) is 22.2 Å². The molecule has 9 heteroatoms. The highest BCUT2D eigenvalue weighted by Crippen LogP contribution is 2.32. The number of hydrogen-bond donors (Lipinski definition) is 3. The molecule has 0 aliphatic carbocycles. The van der Waals surface area contributed by atoms with Crippen molar-refractivity contribution in [2.24, 2.45) is 0 Å². The van der Waals surface area contributed by atoms with Gasteiger partial charge in [0.05, 0.1) is 4.90 Å². The van der Waals surface area contributed by atoms with E-state index in [0.717, 1.165) is 5.56 Å². The summed E-state index contributed by atoms with van der Waals surface area (Å²) in [6.45, 7) is 1.23. The van der Waals surface area contributed by atoms with Gasteiger partial charge in [-0.1, -0.05) is 0 Å². The first kappa shape index (κ1) is 15.9. The second-order valence-corrected chi connectivity index (χ2v) is 7.21. The molecule has 21 heavy (non-hydrogen) atoms. The van der Waals surface area contributed by atoms with Crippen LogP contribution in [0.3, 0.4) is 0 Å². The number of hydrogen-bond acceptors (Lipinski definition) is 4. The number of amides is 1. The second kappa shape index (κ2) is 5.74.